The predicted octanol–water partition coefficient (Wildman–Crippen LogP) is 3.31. The van der Waals surface area contributed by atoms with E-state index in [1.54, 1.807) is 17.0 Å². The van der Waals surface area contributed by atoms with Crippen molar-refractivity contribution in [2.45, 2.75) is 17.4 Å². The summed E-state index contributed by atoms with van der Waals surface area (Å²) in [4.78, 5) is 14.1. The average molecular weight is 395 g/mol. The van der Waals surface area contributed by atoms with E-state index in [0.29, 0.717) is 5.76 Å². The Kier molecular flexibility index (Phi) is 5.05. The first kappa shape index (κ1) is 18.5. The summed E-state index contributed by atoms with van der Waals surface area (Å²) in [5.74, 6) is 0.272. The Balaban J connectivity index is 1.32. The van der Waals surface area contributed by atoms with Crippen molar-refractivity contribution in [2.24, 2.45) is 0 Å². The summed E-state index contributed by atoms with van der Waals surface area (Å²) in [7, 11) is -3.31. The highest BCUT2D eigenvalue weighted by Gasteiger charge is 2.39. The summed E-state index contributed by atoms with van der Waals surface area (Å²) < 4.78 is 29.9. The summed E-state index contributed by atoms with van der Waals surface area (Å²) in [6.07, 6.45) is 1.74. The molecule has 1 aromatic heterocycles. The zero-order valence-electron chi connectivity index (χ0n) is 15.3. The molecule has 5 nitrogen and oxygen atoms in total. The third-order valence-corrected chi connectivity index (χ3v) is 7.05. The van der Waals surface area contributed by atoms with Crippen LogP contribution < -0.4 is 0 Å². The molecule has 1 aliphatic rings. The topological polar surface area (TPSA) is 67.6 Å². The van der Waals surface area contributed by atoms with Crippen LogP contribution in [0, 0.1) is 0 Å². The van der Waals surface area contributed by atoms with Gasteiger partial charge in [-0.1, -0.05) is 54.6 Å². The van der Waals surface area contributed by atoms with Gasteiger partial charge in [0.25, 0.3) is 0 Å². The minimum atomic E-state index is -3.31. The molecule has 1 fully saturated rings. The zero-order valence-corrected chi connectivity index (χ0v) is 16.1. The van der Waals surface area contributed by atoms with Crippen LogP contribution in [0.25, 0.3) is 11.1 Å². The molecule has 28 heavy (non-hydrogen) atoms. The van der Waals surface area contributed by atoms with Gasteiger partial charge in [-0.15, -0.1) is 0 Å². The molecular formula is C22H21NO4S. The van der Waals surface area contributed by atoms with E-state index in [9.17, 15) is 13.2 Å². The van der Waals surface area contributed by atoms with E-state index in [-0.39, 0.29) is 31.2 Å². The molecule has 0 bridgehead atoms. The number of carbonyl (C=O) groups excluding carboxylic acids is 1. The van der Waals surface area contributed by atoms with Gasteiger partial charge in [-0.25, -0.2) is 8.42 Å². The number of hydrogen-bond acceptors (Lipinski definition) is 4. The summed E-state index contributed by atoms with van der Waals surface area (Å²) >= 11 is 0. The summed E-state index contributed by atoms with van der Waals surface area (Å²) in [5.41, 5.74) is 3.16. The van der Waals surface area contributed by atoms with Crippen LogP contribution in [0.2, 0.25) is 0 Å². The Morgan fingerprint density at radius 3 is 2.25 bits per heavy atom. The molecule has 0 unspecified atom stereocenters. The lowest BCUT2D eigenvalue weighted by molar-refractivity contribution is -0.133. The lowest BCUT2D eigenvalue weighted by atomic mass is 10.0. The Labute approximate surface area is 164 Å². The van der Waals surface area contributed by atoms with E-state index < -0.39 is 15.1 Å². The summed E-state index contributed by atoms with van der Waals surface area (Å²) in [6, 6.07) is 21.3. The van der Waals surface area contributed by atoms with Gasteiger partial charge in [-0.05, 0) is 28.8 Å². The van der Waals surface area contributed by atoms with Gasteiger partial charge >= 0.3 is 0 Å². The molecule has 1 amide bonds. The maximum absolute atomic E-state index is 12.5. The van der Waals surface area contributed by atoms with E-state index >= 15 is 0 Å². The molecule has 0 spiro atoms. The van der Waals surface area contributed by atoms with Crippen molar-refractivity contribution in [3.8, 4) is 11.1 Å². The Bertz CT molecular complexity index is 1040. The quantitative estimate of drug-likeness (QED) is 0.642. The van der Waals surface area contributed by atoms with Crippen LogP contribution in [0.15, 0.2) is 77.4 Å². The molecule has 0 N–H and O–H groups in total. The highest BCUT2D eigenvalue weighted by molar-refractivity contribution is 7.91. The zero-order chi connectivity index (χ0) is 19.6. The van der Waals surface area contributed by atoms with Crippen LogP contribution in [0.1, 0.15) is 11.3 Å². The normalized spacial score (nSPS) is 14.6. The molecule has 1 saturated heterocycles. The van der Waals surface area contributed by atoms with Gasteiger partial charge in [-0.2, -0.15) is 0 Å². The van der Waals surface area contributed by atoms with Gasteiger partial charge in [0.2, 0.25) is 5.91 Å². The molecule has 4 rings (SSSR count). The predicted molar refractivity (Wildman–Crippen MR) is 107 cm³/mol. The van der Waals surface area contributed by atoms with Crippen LogP contribution >= 0.6 is 0 Å². The van der Waals surface area contributed by atoms with Crippen molar-refractivity contribution in [1.82, 2.24) is 4.90 Å². The minimum absolute atomic E-state index is 0.0445. The van der Waals surface area contributed by atoms with Gasteiger partial charge < -0.3 is 9.32 Å². The molecule has 6 heteroatoms. The second-order valence-corrected chi connectivity index (χ2v) is 9.33. The number of hydrogen-bond donors (Lipinski definition) is 0. The number of furan rings is 1. The molecule has 0 radical (unpaired) electrons. The van der Waals surface area contributed by atoms with Gasteiger partial charge in [0.1, 0.15) is 11.5 Å². The minimum Gasteiger partial charge on any atom is -0.468 e. The fraction of sp³-hybridized carbons (Fsp3) is 0.227. The molecular weight excluding hydrogens is 374 g/mol. The van der Waals surface area contributed by atoms with Crippen LogP contribution in [0.5, 0.6) is 0 Å². The van der Waals surface area contributed by atoms with Gasteiger partial charge in [0.15, 0.2) is 9.84 Å². The highest BCUT2D eigenvalue weighted by atomic mass is 32.2. The van der Waals surface area contributed by atoms with Crippen molar-refractivity contribution in [3.63, 3.8) is 0 Å². The van der Waals surface area contributed by atoms with E-state index in [2.05, 4.69) is 0 Å². The molecule has 2 aromatic carbocycles. The van der Waals surface area contributed by atoms with E-state index in [1.807, 2.05) is 54.6 Å². The third kappa shape index (κ3) is 4.02. The first-order valence-corrected chi connectivity index (χ1v) is 10.9. The standard InChI is InChI=1S/C22H21NO4S/c24-22(13-17-8-10-19(11-9-17)18-5-2-1-3-6-18)23-14-21(15-23)28(25,26)16-20-7-4-12-27-20/h1-12,21H,13-16H2. The van der Waals surface area contributed by atoms with Crippen molar-refractivity contribution in [2.75, 3.05) is 13.1 Å². The van der Waals surface area contributed by atoms with Gasteiger partial charge in [0, 0.05) is 13.1 Å². The third-order valence-electron chi connectivity index (χ3n) is 5.05. The first-order valence-electron chi connectivity index (χ1n) is 9.17. The lowest BCUT2D eigenvalue weighted by Crippen LogP contribution is -2.57. The number of benzene rings is 2. The molecule has 0 atom stereocenters. The van der Waals surface area contributed by atoms with Gasteiger partial charge in [0.05, 0.1) is 17.9 Å². The Morgan fingerprint density at radius 1 is 0.929 bits per heavy atom. The fourth-order valence-corrected chi connectivity index (χ4v) is 4.92. The number of sulfone groups is 1. The first-order chi connectivity index (χ1) is 13.5. The number of nitrogens with zero attached hydrogens (tertiary/aromatic N) is 1. The Morgan fingerprint density at radius 2 is 1.61 bits per heavy atom. The summed E-state index contributed by atoms with van der Waals surface area (Å²) in [5, 5.41) is -0.512. The van der Waals surface area contributed by atoms with E-state index in [4.69, 9.17) is 4.42 Å². The fourth-order valence-electron chi connectivity index (χ4n) is 3.31. The number of rotatable bonds is 6. The molecule has 0 aliphatic carbocycles. The van der Waals surface area contributed by atoms with Crippen molar-refractivity contribution in [1.29, 1.82) is 0 Å². The molecule has 3 aromatic rings. The monoisotopic (exact) mass is 395 g/mol. The second-order valence-electron chi connectivity index (χ2n) is 7.05. The number of likely N-dealkylation sites (tertiary alicyclic amines) is 1. The smallest absolute Gasteiger partial charge is 0.227 e. The van der Waals surface area contributed by atoms with Crippen molar-refractivity contribution >= 4 is 15.7 Å². The van der Waals surface area contributed by atoms with Crippen LogP contribution in [0.3, 0.4) is 0 Å². The van der Waals surface area contributed by atoms with Crippen molar-refractivity contribution in [3.05, 3.63) is 84.3 Å². The summed E-state index contributed by atoms with van der Waals surface area (Å²) in [6.45, 7) is 0.508. The number of amides is 1. The highest BCUT2D eigenvalue weighted by Crippen LogP contribution is 2.23. The molecule has 144 valence electrons. The SMILES string of the molecule is O=C(Cc1ccc(-c2ccccc2)cc1)N1CC(S(=O)(=O)Cc2ccco2)C1. The van der Waals surface area contributed by atoms with Crippen molar-refractivity contribution < 1.29 is 17.6 Å². The average Bonchev–Trinajstić information content (AvgIpc) is 3.14. The number of carbonyl (C=O) groups is 1. The molecule has 0 saturated carbocycles. The van der Waals surface area contributed by atoms with Gasteiger partial charge in [-0.3, -0.25) is 4.79 Å². The molecule has 2 heterocycles. The van der Waals surface area contributed by atoms with E-state index in [1.165, 1.54) is 6.26 Å². The van der Waals surface area contributed by atoms with Crippen LogP contribution in [-0.2, 0) is 26.8 Å². The largest absolute Gasteiger partial charge is 0.468 e. The van der Waals surface area contributed by atoms with Crippen LogP contribution in [-0.4, -0.2) is 37.6 Å². The maximum Gasteiger partial charge on any atom is 0.227 e. The Hall–Kier alpha value is -2.86. The second kappa shape index (κ2) is 7.64. The molecule has 1 aliphatic heterocycles. The maximum atomic E-state index is 12.5. The van der Waals surface area contributed by atoms with E-state index in [0.717, 1.165) is 16.7 Å². The lowest BCUT2D eigenvalue weighted by Gasteiger charge is -2.38. The van der Waals surface area contributed by atoms with Crippen LogP contribution in [0.4, 0.5) is 0 Å².